The Labute approximate surface area is 178 Å². The lowest BCUT2D eigenvalue weighted by Crippen LogP contribution is -2.11. The van der Waals surface area contributed by atoms with Gasteiger partial charge in [-0.25, -0.2) is 0 Å². The highest BCUT2D eigenvalue weighted by molar-refractivity contribution is 4.44. The standard InChI is InChI=1S/C22H46O7/c23-11-4-1-2-6-13-25-14-7-3-8-15-27-19-21-29-22-20-28-18-10-17-26-16-9-5-12-24/h23-24H,1-22H2. The third kappa shape index (κ3) is 27.7. The summed E-state index contributed by atoms with van der Waals surface area (Å²) >= 11 is 0. The molecule has 0 aliphatic carbocycles. The average molecular weight is 423 g/mol. The van der Waals surface area contributed by atoms with Crippen molar-refractivity contribution in [3.05, 3.63) is 0 Å². The number of rotatable bonds is 26. The van der Waals surface area contributed by atoms with Crippen LogP contribution in [0.3, 0.4) is 0 Å². The molecule has 7 nitrogen and oxygen atoms in total. The van der Waals surface area contributed by atoms with Gasteiger partial charge in [0.05, 0.1) is 26.4 Å². The Balaban J connectivity index is 2.97. The van der Waals surface area contributed by atoms with Crippen molar-refractivity contribution in [2.45, 2.75) is 64.2 Å². The van der Waals surface area contributed by atoms with Gasteiger partial charge in [-0.3, -0.25) is 0 Å². The van der Waals surface area contributed by atoms with Crippen LogP contribution in [0.5, 0.6) is 0 Å². The maximum atomic E-state index is 8.69. The summed E-state index contributed by atoms with van der Waals surface area (Å²) in [4.78, 5) is 0. The molecule has 0 aliphatic heterocycles. The molecule has 0 spiro atoms. The molecule has 0 radical (unpaired) electrons. The van der Waals surface area contributed by atoms with Gasteiger partial charge in [-0.2, -0.15) is 0 Å². The van der Waals surface area contributed by atoms with Crippen molar-refractivity contribution in [1.82, 2.24) is 0 Å². The van der Waals surface area contributed by atoms with E-state index in [9.17, 15) is 0 Å². The number of aliphatic hydroxyl groups excluding tert-OH is 2. The summed E-state index contributed by atoms with van der Waals surface area (Å²) in [7, 11) is 0. The number of aliphatic hydroxyl groups is 2. The van der Waals surface area contributed by atoms with Crippen LogP contribution in [0.25, 0.3) is 0 Å². The lowest BCUT2D eigenvalue weighted by molar-refractivity contribution is 0.00888. The molecule has 0 fully saturated rings. The zero-order chi connectivity index (χ0) is 21.1. The van der Waals surface area contributed by atoms with Gasteiger partial charge in [-0.05, 0) is 51.4 Å². The molecule has 0 heterocycles. The SMILES string of the molecule is OCCCCCCOCCCCCOCCOCCOCCCOCCCCO. The fraction of sp³-hybridized carbons (Fsp3) is 1.00. The Morgan fingerprint density at radius 3 is 1.03 bits per heavy atom. The van der Waals surface area contributed by atoms with E-state index in [1.807, 2.05) is 0 Å². The quantitative estimate of drug-likeness (QED) is 0.207. The van der Waals surface area contributed by atoms with Crippen molar-refractivity contribution in [1.29, 1.82) is 0 Å². The smallest absolute Gasteiger partial charge is 0.0701 e. The van der Waals surface area contributed by atoms with E-state index in [-0.39, 0.29) is 6.61 Å². The predicted octanol–water partition coefficient (Wildman–Crippen LogP) is 2.96. The second kappa shape index (κ2) is 27.7. The van der Waals surface area contributed by atoms with Gasteiger partial charge in [0.1, 0.15) is 0 Å². The van der Waals surface area contributed by atoms with Crippen LogP contribution in [0.1, 0.15) is 64.2 Å². The summed E-state index contributed by atoms with van der Waals surface area (Å²) in [6.45, 7) is 7.53. The van der Waals surface area contributed by atoms with Crippen molar-refractivity contribution in [3.63, 3.8) is 0 Å². The topological polar surface area (TPSA) is 86.6 Å². The number of ether oxygens (including phenoxy) is 5. The van der Waals surface area contributed by atoms with E-state index in [4.69, 9.17) is 33.9 Å². The Hall–Kier alpha value is -0.280. The molecular weight excluding hydrogens is 376 g/mol. The Bertz CT molecular complexity index is 254. The first-order valence-electron chi connectivity index (χ1n) is 11.5. The molecule has 0 unspecified atom stereocenters. The molecule has 2 N–H and O–H groups in total. The maximum absolute atomic E-state index is 8.69. The van der Waals surface area contributed by atoms with Crippen LogP contribution in [-0.2, 0) is 23.7 Å². The third-order valence-electron chi connectivity index (χ3n) is 4.29. The van der Waals surface area contributed by atoms with Gasteiger partial charge in [0.25, 0.3) is 0 Å². The minimum atomic E-state index is 0.237. The van der Waals surface area contributed by atoms with E-state index in [0.717, 1.165) is 84.0 Å². The monoisotopic (exact) mass is 422 g/mol. The average Bonchev–Trinajstić information content (AvgIpc) is 2.74. The van der Waals surface area contributed by atoms with Crippen LogP contribution in [0.2, 0.25) is 0 Å². The minimum Gasteiger partial charge on any atom is -0.396 e. The predicted molar refractivity (Wildman–Crippen MR) is 114 cm³/mol. The van der Waals surface area contributed by atoms with Crippen molar-refractivity contribution in [2.24, 2.45) is 0 Å². The van der Waals surface area contributed by atoms with Crippen molar-refractivity contribution < 1.29 is 33.9 Å². The summed E-state index contributed by atoms with van der Waals surface area (Å²) < 4.78 is 27.5. The van der Waals surface area contributed by atoms with Gasteiger partial charge in [-0.1, -0.05) is 12.8 Å². The van der Waals surface area contributed by atoms with Crippen LogP contribution in [-0.4, -0.2) is 89.5 Å². The van der Waals surface area contributed by atoms with Crippen LogP contribution in [0, 0.1) is 0 Å². The highest BCUT2D eigenvalue weighted by atomic mass is 16.5. The fourth-order valence-electron chi connectivity index (χ4n) is 2.58. The molecular formula is C22H46O7. The zero-order valence-electron chi connectivity index (χ0n) is 18.5. The van der Waals surface area contributed by atoms with Crippen LogP contribution in [0.15, 0.2) is 0 Å². The molecule has 0 saturated carbocycles. The molecule has 0 aliphatic rings. The first-order valence-corrected chi connectivity index (χ1v) is 11.5. The number of unbranched alkanes of at least 4 members (excludes halogenated alkanes) is 6. The highest BCUT2D eigenvalue weighted by Crippen LogP contribution is 2.01. The molecule has 7 heteroatoms. The van der Waals surface area contributed by atoms with Gasteiger partial charge in [-0.15, -0.1) is 0 Å². The molecule has 0 aromatic carbocycles. The number of hydrogen-bond donors (Lipinski definition) is 2. The van der Waals surface area contributed by atoms with E-state index in [1.54, 1.807) is 0 Å². The summed E-state index contributed by atoms with van der Waals surface area (Å²) in [6.07, 6.45) is 10.1. The fourth-order valence-corrected chi connectivity index (χ4v) is 2.58. The van der Waals surface area contributed by atoms with Crippen LogP contribution < -0.4 is 0 Å². The first kappa shape index (κ1) is 28.7. The van der Waals surface area contributed by atoms with E-state index in [0.29, 0.717) is 52.9 Å². The van der Waals surface area contributed by atoms with Gasteiger partial charge in [0, 0.05) is 52.9 Å². The Morgan fingerprint density at radius 2 is 0.552 bits per heavy atom. The van der Waals surface area contributed by atoms with E-state index in [1.165, 1.54) is 0 Å². The molecule has 0 aromatic rings. The first-order chi connectivity index (χ1) is 14.4. The van der Waals surface area contributed by atoms with Crippen molar-refractivity contribution in [2.75, 3.05) is 79.3 Å². The minimum absolute atomic E-state index is 0.237. The van der Waals surface area contributed by atoms with E-state index in [2.05, 4.69) is 0 Å². The second-order valence-corrected chi connectivity index (χ2v) is 7.04. The summed E-state index contributed by atoms with van der Waals surface area (Å²) in [6, 6.07) is 0. The van der Waals surface area contributed by atoms with Crippen LogP contribution >= 0.6 is 0 Å². The molecule has 0 rings (SSSR count). The normalized spacial score (nSPS) is 11.4. The van der Waals surface area contributed by atoms with Gasteiger partial charge in [0.2, 0.25) is 0 Å². The molecule has 0 amide bonds. The third-order valence-corrected chi connectivity index (χ3v) is 4.29. The largest absolute Gasteiger partial charge is 0.396 e. The molecule has 0 bridgehead atoms. The van der Waals surface area contributed by atoms with E-state index >= 15 is 0 Å². The Kier molecular flexibility index (Phi) is 27.5. The number of hydrogen-bond acceptors (Lipinski definition) is 7. The molecule has 0 saturated heterocycles. The second-order valence-electron chi connectivity index (χ2n) is 7.04. The van der Waals surface area contributed by atoms with Crippen molar-refractivity contribution in [3.8, 4) is 0 Å². The van der Waals surface area contributed by atoms with Gasteiger partial charge < -0.3 is 33.9 Å². The lowest BCUT2D eigenvalue weighted by Gasteiger charge is -2.07. The van der Waals surface area contributed by atoms with Gasteiger partial charge >= 0.3 is 0 Å². The summed E-state index contributed by atoms with van der Waals surface area (Å²) in [5.74, 6) is 0. The highest BCUT2D eigenvalue weighted by Gasteiger charge is 1.95. The molecule has 0 aromatic heterocycles. The van der Waals surface area contributed by atoms with E-state index < -0.39 is 0 Å². The van der Waals surface area contributed by atoms with Crippen molar-refractivity contribution >= 4 is 0 Å². The zero-order valence-corrected chi connectivity index (χ0v) is 18.5. The molecule has 0 atom stereocenters. The molecule has 176 valence electrons. The Morgan fingerprint density at radius 1 is 0.276 bits per heavy atom. The maximum Gasteiger partial charge on any atom is 0.0701 e. The van der Waals surface area contributed by atoms with Gasteiger partial charge in [0.15, 0.2) is 0 Å². The molecule has 29 heavy (non-hydrogen) atoms. The lowest BCUT2D eigenvalue weighted by atomic mass is 10.2. The van der Waals surface area contributed by atoms with Crippen LogP contribution in [0.4, 0.5) is 0 Å². The summed E-state index contributed by atoms with van der Waals surface area (Å²) in [5, 5.41) is 17.3. The summed E-state index contributed by atoms with van der Waals surface area (Å²) in [5.41, 5.74) is 0.